The van der Waals surface area contributed by atoms with E-state index in [0.29, 0.717) is 6.07 Å². The van der Waals surface area contributed by atoms with E-state index in [2.05, 4.69) is 4.85 Å². The molecule has 0 aromatic heterocycles. The van der Waals surface area contributed by atoms with Crippen LogP contribution in [-0.2, 0) is 20.5 Å². The normalized spacial score (nSPS) is 33.1. The molecule has 3 heterocycles. The Morgan fingerprint density at radius 2 is 2.00 bits per heavy atom. The molecule has 4 atom stereocenters. The summed E-state index contributed by atoms with van der Waals surface area (Å²) in [5, 5.41) is 0. The lowest BCUT2D eigenvalue weighted by molar-refractivity contribution is -0.137. The Kier molecular flexibility index (Phi) is 2.98. The van der Waals surface area contributed by atoms with E-state index >= 15 is 0 Å². The molecule has 0 saturated carbocycles. The number of rotatable bonds is 1. The minimum atomic E-state index is -4.76. The summed E-state index contributed by atoms with van der Waals surface area (Å²) in [6, 6.07) is 2.85. The van der Waals surface area contributed by atoms with Crippen molar-refractivity contribution in [3.8, 4) is 0 Å². The number of alkyl halides is 3. The molecule has 2 bridgehead atoms. The van der Waals surface area contributed by atoms with E-state index < -0.39 is 52.8 Å². The Morgan fingerprint density at radius 3 is 2.60 bits per heavy atom. The third-order valence-corrected chi connectivity index (χ3v) is 4.99. The minimum absolute atomic E-state index is 0.174. The van der Waals surface area contributed by atoms with Gasteiger partial charge in [-0.2, -0.15) is 13.2 Å². The van der Waals surface area contributed by atoms with Gasteiger partial charge in [0.25, 0.3) is 0 Å². The molecule has 2 unspecified atom stereocenters. The molecule has 3 aliphatic rings. The maximum absolute atomic E-state index is 13.2. The molecule has 25 heavy (non-hydrogen) atoms. The summed E-state index contributed by atoms with van der Waals surface area (Å²) in [6.45, 7) is 8.55. The molecule has 128 valence electrons. The van der Waals surface area contributed by atoms with Gasteiger partial charge in [0, 0.05) is 5.69 Å². The van der Waals surface area contributed by atoms with E-state index in [1.54, 1.807) is 19.1 Å². The lowest BCUT2D eigenvalue weighted by Gasteiger charge is -2.24. The van der Waals surface area contributed by atoms with Crippen LogP contribution in [0.5, 0.6) is 0 Å². The van der Waals surface area contributed by atoms with Crippen LogP contribution >= 0.6 is 0 Å². The van der Waals surface area contributed by atoms with Gasteiger partial charge in [0.2, 0.25) is 11.8 Å². The van der Waals surface area contributed by atoms with Crippen molar-refractivity contribution in [2.45, 2.75) is 24.8 Å². The van der Waals surface area contributed by atoms with Crippen LogP contribution in [0.1, 0.15) is 12.5 Å². The van der Waals surface area contributed by atoms with E-state index in [-0.39, 0.29) is 5.69 Å². The van der Waals surface area contributed by atoms with Crippen molar-refractivity contribution in [1.29, 1.82) is 0 Å². The summed E-state index contributed by atoms with van der Waals surface area (Å²) in [5.74, 6) is -2.62. The molecule has 0 radical (unpaired) electrons. The number of benzene rings is 1. The first-order valence-electron chi connectivity index (χ1n) is 7.51. The standard InChI is InChI=1S/C17H11F3N2O3/c1-16-6-5-11(25-16)12-13(16)15(24)22(14(12)23)8-3-4-10(21-2)9(7-8)17(18,19)20/h3-7,11-13H,1H3/t11?,12-,13+,16?/m0/s1. The summed E-state index contributed by atoms with van der Waals surface area (Å²) in [7, 11) is 0. The van der Waals surface area contributed by atoms with Crippen LogP contribution in [0.2, 0.25) is 0 Å². The lowest BCUT2D eigenvalue weighted by Crippen LogP contribution is -2.38. The zero-order valence-corrected chi connectivity index (χ0v) is 12.9. The van der Waals surface area contributed by atoms with E-state index in [1.807, 2.05) is 0 Å². The van der Waals surface area contributed by atoms with E-state index in [0.717, 1.165) is 11.0 Å². The van der Waals surface area contributed by atoms with Crippen molar-refractivity contribution in [2.24, 2.45) is 11.8 Å². The second-order valence-corrected chi connectivity index (χ2v) is 6.45. The Bertz CT molecular complexity index is 886. The Balaban J connectivity index is 1.79. The second kappa shape index (κ2) is 4.70. The first-order valence-corrected chi connectivity index (χ1v) is 7.51. The number of anilines is 1. The lowest BCUT2D eigenvalue weighted by atomic mass is 9.78. The van der Waals surface area contributed by atoms with Gasteiger partial charge < -0.3 is 4.74 Å². The topological polar surface area (TPSA) is 51.0 Å². The van der Waals surface area contributed by atoms with Crippen LogP contribution in [0, 0.1) is 18.4 Å². The highest BCUT2D eigenvalue weighted by atomic mass is 19.4. The maximum atomic E-state index is 13.2. The van der Waals surface area contributed by atoms with E-state index in [1.165, 1.54) is 6.07 Å². The van der Waals surface area contributed by atoms with Gasteiger partial charge in [0.1, 0.15) is 0 Å². The number of halogens is 3. The summed E-state index contributed by atoms with van der Waals surface area (Å²) < 4.78 is 45.1. The molecule has 2 saturated heterocycles. The number of hydrogen-bond donors (Lipinski definition) is 0. The average molecular weight is 348 g/mol. The van der Waals surface area contributed by atoms with Crippen molar-refractivity contribution in [2.75, 3.05) is 4.90 Å². The maximum Gasteiger partial charge on any atom is 0.407 e. The molecule has 8 heteroatoms. The molecule has 4 rings (SSSR count). The molecule has 5 nitrogen and oxygen atoms in total. The summed E-state index contributed by atoms with van der Waals surface area (Å²) in [5.41, 5.74) is -2.83. The fourth-order valence-electron chi connectivity index (χ4n) is 3.89. The number of carbonyl (C=O) groups excluding carboxylic acids is 2. The molecule has 2 amide bonds. The van der Waals surface area contributed by atoms with Gasteiger partial charge in [0.05, 0.1) is 35.7 Å². The van der Waals surface area contributed by atoms with E-state index in [9.17, 15) is 22.8 Å². The Labute approximate surface area is 140 Å². The molecule has 0 aliphatic carbocycles. The molecule has 3 aliphatic heterocycles. The SMILES string of the molecule is [C-]#[N+]c1ccc(N2C(=O)[C@H]3C4C=CC(C)(O4)[C@H]3C2=O)cc1C(F)(F)F. The van der Waals surface area contributed by atoms with Gasteiger partial charge >= 0.3 is 6.18 Å². The second-order valence-electron chi connectivity index (χ2n) is 6.45. The van der Waals surface area contributed by atoms with Crippen molar-refractivity contribution in [3.05, 3.63) is 47.3 Å². The third-order valence-electron chi connectivity index (χ3n) is 4.99. The number of amides is 2. The van der Waals surface area contributed by atoms with Gasteiger partial charge in [0.15, 0.2) is 5.69 Å². The number of ether oxygens (including phenoxy) is 1. The predicted molar refractivity (Wildman–Crippen MR) is 79.6 cm³/mol. The summed E-state index contributed by atoms with van der Waals surface area (Å²) in [4.78, 5) is 29.1. The zero-order chi connectivity index (χ0) is 18.1. The highest BCUT2D eigenvalue weighted by Gasteiger charge is 2.66. The van der Waals surface area contributed by atoms with Gasteiger partial charge in [-0.1, -0.05) is 18.2 Å². The smallest absolute Gasteiger partial charge is 0.362 e. The fraction of sp³-hybridized carbons (Fsp3) is 0.353. The van der Waals surface area contributed by atoms with Crippen LogP contribution in [-0.4, -0.2) is 23.5 Å². The van der Waals surface area contributed by atoms with Gasteiger partial charge in [-0.25, -0.2) is 9.74 Å². The van der Waals surface area contributed by atoms with Crippen molar-refractivity contribution in [1.82, 2.24) is 0 Å². The highest BCUT2D eigenvalue weighted by molar-refractivity contribution is 6.23. The molecular formula is C17H11F3N2O3. The molecule has 0 spiro atoms. The van der Waals surface area contributed by atoms with Crippen LogP contribution < -0.4 is 4.90 Å². The zero-order valence-electron chi connectivity index (χ0n) is 12.9. The molecule has 2 fully saturated rings. The van der Waals surface area contributed by atoms with Crippen molar-refractivity contribution < 1.29 is 27.5 Å². The highest BCUT2D eigenvalue weighted by Crippen LogP contribution is 2.52. The van der Waals surface area contributed by atoms with Crippen LogP contribution in [0.4, 0.5) is 24.5 Å². The van der Waals surface area contributed by atoms with Gasteiger partial charge in [-0.05, 0) is 19.1 Å². The Hall–Kier alpha value is -2.66. The molecule has 1 aromatic rings. The summed E-state index contributed by atoms with van der Waals surface area (Å²) in [6.07, 6.45) is -1.87. The molecule has 0 N–H and O–H groups in total. The molecule has 1 aromatic carbocycles. The van der Waals surface area contributed by atoms with Crippen molar-refractivity contribution >= 4 is 23.2 Å². The van der Waals surface area contributed by atoms with Crippen LogP contribution in [0.25, 0.3) is 4.85 Å². The van der Waals surface area contributed by atoms with Crippen LogP contribution in [0.3, 0.4) is 0 Å². The van der Waals surface area contributed by atoms with Gasteiger partial charge in [-0.15, -0.1) is 0 Å². The van der Waals surface area contributed by atoms with Crippen molar-refractivity contribution in [3.63, 3.8) is 0 Å². The Morgan fingerprint density at radius 1 is 1.28 bits per heavy atom. The van der Waals surface area contributed by atoms with E-state index in [4.69, 9.17) is 11.3 Å². The first kappa shape index (κ1) is 15.8. The number of fused-ring (bicyclic) bond motifs is 5. The minimum Gasteiger partial charge on any atom is -0.362 e. The summed E-state index contributed by atoms with van der Waals surface area (Å²) >= 11 is 0. The average Bonchev–Trinajstić information content (AvgIpc) is 3.15. The predicted octanol–water partition coefficient (Wildman–Crippen LogP) is 3.09. The molecular weight excluding hydrogens is 337 g/mol. The largest absolute Gasteiger partial charge is 0.407 e. The number of carbonyl (C=O) groups is 2. The quantitative estimate of drug-likeness (QED) is 0.445. The number of imide groups is 1. The fourth-order valence-corrected chi connectivity index (χ4v) is 3.89. The number of nitrogens with zero attached hydrogens (tertiary/aromatic N) is 2. The monoisotopic (exact) mass is 348 g/mol. The number of hydrogen-bond acceptors (Lipinski definition) is 3. The third kappa shape index (κ3) is 1.99. The first-order chi connectivity index (χ1) is 11.7. The van der Waals surface area contributed by atoms with Crippen LogP contribution in [0.15, 0.2) is 30.4 Å². The van der Waals surface area contributed by atoms with Gasteiger partial charge in [-0.3, -0.25) is 9.59 Å².